The third-order valence-electron chi connectivity index (χ3n) is 4.61. The highest BCUT2D eigenvalue weighted by atomic mass is 35.5. The molecular formula is C17H22ClF3. The van der Waals surface area contributed by atoms with Gasteiger partial charge in [-0.15, -0.1) is 11.6 Å². The second-order valence-corrected chi connectivity index (χ2v) is 6.58. The maximum Gasteiger partial charge on any atom is 0.161 e. The van der Waals surface area contributed by atoms with E-state index in [2.05, 4.69) is 6.92 Å². The Kier molecular flexibility index (Phi) is 5.98. The van der Waals surface area contributed by atoms with Crippen LogP contribution in [0.2, 0.25) is 0 Å². The maximum absolute atomic E-state index is 13.8. The summed E-state index contributed by atoms with van der Waals surface area (Å²) in [4.78, 5) is 0. The van der Waals surface area contributed by atoms with Crippen molar-refractivity contribution in [1.82, 2.24) is 0 Å². The monoisotopic (exact) mass is 318 g/mol. The molecular weight excluding hydrogens is 297 g/mol. The summed E-state index contributed by atoms with van der Waals surface area (Å²) < 4.78 is 40.1. The predicted octanol–water partition coefficient (Wildman–Crippen LogP) is 6.38. The van der Waals surface area contributed by atoms with Crippen LogP contribution in [0.3, 0.4) is 0 Å². The molecule has 0 radical (unpaired) electrons. The van der Waals surface area contributed by atoms with Crippen molar-refractivity contribution >= 4 is 11.6 Å². The highest BCUT2D eigenvalue weighted by molar-refractivity contribution is 6.21. The van der Waals surface area contributed by atoms with Crippen molar-refractivity contribution in [2.45, 2.75) is 57.2 Å². The lowest BCUT2D eigenvalue weighted by molar-refractivity contribution is 0.252. The van der Waals surface area contributed by atoms with Gasteiger partial charge < -0.3 is 0 Å². The fourth-order valence-corrected chi connectivity index (χ4v) is 3.68. The van der Waals surface area contributed by atoms with E-state index in [9.17, 15) is 13.2 Å². The van der Waals surface area contributed by atoms with Gasteiger partial charge >= 0.3 is 0 Å². The molecule has 0 spiro atoms. The van der Waals surface area contributed by atoms with E-state index < -0.39 is 22.8 Å². The zero-order valence-electron chi connectivity index (χ0n) is 12.3. The molecule has 0 amide bonds. The summed E-state index contributed by atoms with van der Waals surface area (Å²) in [5.41, 5.74) is 0.0903. The van der Waals surface area contributed by atoms with Crippen LogP contribution in [0.15, 0.2) is 12.1 Å². The highest BCUT2D eigenvalue weighted by Crippen LogP contribution is 2.42. The van der Waals surface area contributed by atoms with E-state index in [4.69, 9.17) is 11.6 Å². The molecule has 1 atom stereocenters. The van der Waals surface area contributed by atoms with E-state index >= 15 is 0 Å². The van der Waals surface area contributed by atoms with E-state index in [0.717, 1.165) is 37.7 Å². The Bertz CT molecular complexity index is 467. The lowest BCUT2D eigenvalue weighted by atomic mass is 9.77. The second kappa shape index (κ2) is 7.53. The zero-order valence-corrected chi connectivity index (χ0v) is 13.1. The van der Waals surface area contributed by atoms with Crippen LogP contribution in [-0.4, -0.2) is 0 Å². The van der Waals surface area contributed by atoms with Crippen LogP contribution in [-0.2, 0) is 0 Å². The van der Waals surface area contributed by atoms with Crippen molar-refractivity contribution in [3.8, 4) is 0 Å². The molecule has 0 aliphatic heterocycles. The maximum atomic E-state index is 13.8. The molecule has 2 rings (SSSR count). The van der Waals surface area contributed by atoms with Crippen LogP contribution in [0.25, 0.3) is 0 Å². The molecule has 1 aliphatic carbocycles. The minimum absolute atomic E-state index is 0.0903. The van der Waals surface area contributed by atoms with Crippen LogP contribution in [0.4, 0.5) is 13.2 Å². The number of hydrogen-bond acceptors (Lipinski definition) is 0. The molecule has 0 nitrogen and oxygen atoms in total. The summed E-state index contributed by atoms with van der Waals surface area (Å²) in [6, 6.07) is 1.50. The highest BCUT2D eigenvalue weighted by Gasteiger charge is 2.29. The molecule has 4 heteroatoms. The number of halogens is 4. The fraction of sp³-hybridized carbons (Fsp3) is 0.647. The van der Waals surface area contributed by atoms with Gasteiger partial charge in [0.2, 0.25) is 0 Å². The Balaban J connectivity index is 1.99. The Morgan fingerprint density at radius 1 is 1.05 bits per heavy atom. The van der Waals surface area contributed by atoms with Crippen molar-refractivity contribution in [2.75, 3.05) is 0 Å². The second-order valence-electron chi connectivity index (χ2n) is 6.11. The van der Waals surface area contributed by atoms with Gasteiger partial charge in [-0.25, -0.2) is 13.2 Å². The standard InChI is InChI=1S/C17H22ClF3/c1-2-3-4-11-5-7-12(8-6-11)17(18)13-9-15(20)16(21)10-14(13)19/h9-12,17H,2-8H2,1H3. The smallest absolute Gasteiger partial charge is 0.161 e. The summed E-state index contributed by atoms with van der Waals surface area (Å²) in [5, 5.41) is -0.577. The van der Waals surface area contributed by atoms with Gasteiger partial charge in [0, 0.05) is 11.6 Å². The number of benzene rings is 1. The first-order valence-electron chi connectivity index (χ1n) is 7.81. The molecule has 1 aromatic rings. The minimum Gasteiger partial charge on any atom is -0.207 e. The molecule has 1 aliphatic rings. The molecule has 21 heavy (non-hydrogen) atoms. The van der Waals surface area contributed by atoms with Gasteiger partial charge in [-0.05, 0) is 30.7 Å². The first-order valence-corrected chi connectivity index (χ1v) is 8.25. The van der Waals surface area contributed by atoms with Gasteiger partial charge in [-0.3, -0.25) is 0 Å². The van der Waals surface area contributed by atoms with E-state index in [0.29, 0.717) is 6.07 Å². The average Bonchev–Trinajstić information content (AvgIpc) is 2.48. The Labute approximate surface area is 129 Å². The summed E-state index contributed by atoms with van der Waals surface area (Å²) in [5.74, 6) is -2.07. The summed E-state index contributed by atoms with van der Waals surface area (Å²) in [7, 11) is 0. The normalized spacial score (nSPS) is 24.0. The molecule has 0 saturated heterocycles. The van der Waals surface area contributed by atoms with Crippen molar-refractivity contribution in [3.05, 3.63) is 35.1 Å². The van der Waals surface area contributed by atoms with Crippen molar-refractivity contribution < 1.29 is 13.2 Å². The first kappa shape index (κ1) is 16.7. The van der Waals surface area contributed by atoms with E-state index in [1.54, 1.807) is 0 Å². The summed E-state index contributed by atoms with van der Waals surface area (Å²) in [6.45, 7) is 2.19. The van der Waals surface area contributed by atoms with Crippen LogP contribution in [0.1, 0.15) is 62.8 Å². The number of unbranched alkanes of at least 4 members (excludes halogenated alkanes) is 1. The van der Waals surface area contributed by atoms with Gasteiger partial charge in [-0.1, -0.05) is 39.0 Å². The van der Waals surface area contributed by atoms with Gasteiger partial charge in [0.1, 0.15) is 5.82 Å². The average molecular weight is 319 g/mol. The van der Waals surface area contributed by atoms with Crippen LogP contribution in [0.5, 0.6) is 0 Å². The van der Waals surface area contributed by atoms with Gasteiger partial charge in [0.15, 0.2) is 11.6 Å². The van der Waals surface area contributed by atoms with Gasteiger partial charge in [0.05, 0.1) is 5.38 Å². The molecule has 0 aromatic heterocycles. The predicted molar refractivity (Wildman–Crippen MR) is 79.9 cm³/mol. The number of hydrogen-bond donors (Lipinski definition) is 0. The van der Waals surface area contributed by atoms with Crippen LogP contribution < -0.4 is 0 Å². The molecule has 1 fully saturated rings. The van der Waals surface area contributed by atoms with Crippen molar-refractivity contribution in [1.29, 1.82) is 0 Å². The van der Waals surface area contributed by atoms with Crippen LogP contribution in [0, 0.1) is 29.3 Å². The Morgan fingerprint density at radius 3 is 2.29 bits per heavy atom. The third-order valence-corrected chi connectivity index (χ3v) is 5.20. The molecule has 1 unspecified atom stereocenters. The third kappa shape index (κ3) is 4.15. The van der Waals surface area contributed by atoms with Gasteiger partial charge in [-0.2, -0.15) is 0 Å². The lowest BCUT2D eigenvalue weighted by Gasteiger charge is -2.31. The number of alkyl halides is 1. The van der Waals surface area contributed by atoms with E-state index in [-0.39, 0.29) is 11.5 Å². The SMILES string of the molecule is CCCCC1CCC(C(Cl)c2cc(F)c(F)cc2F)CC1. The number of rotatable bonds is 5. The fourth-order valence-electron chi connectivity index (χ4n) is 3.27. The largest absolute Gasteiger partial charge is 0.207 e. The van der Waals surface area contributed by atoms with Gasteiger partial charge in [0.25, 0.3) is 0 Å². The van der Waals surface area contributed by atoms with E-state index in [1.165, 1.54) is 19.3 Å². The molecule has 0 heterocycles. The zero-order chi connectivity index (χ0) is 15.4. The topological polar surface area (TPSA) is 0 Å². The molecule has 0 bridgehead atoms. The van der Waals surface area contributed by atoms with E-state index in [1.807, 2.05) is 0 Å². The summed E-state index contributed by atoms with van der Waals surface area (Å²) in [6.07, 6.45) is 7.76. The molecule has 1 saturated carbocycles. The van der Waals surface area contributed by atoms with Crippen molar-refractivity contribution in [3.63, 3.8) is 0 Å². The first-order chi connectivity index (χ1) is 10.0. The minimum atomic E-state index is -1.16. The lowest BCUT2D eigenvalue weighted by Crippen LogP contribution is -2.19. The molecule has 1 aromatic carbocycles. The molecule has 118 valence electrons. The quantitative estimate of drug-likeness (QED) is 0.436. The Hall–Kier alpha value is -0.700. The van der Waals surface area contributed by atoms with Crippen molar-refractivity contribution in [2.24, 2.45) is 11.8 Å². The van der Waals surface area contributed by atoms with Crippen LogP contribution >= 0.6 is 11.6 Å². The Morgan fingerprint density at radius 2 is 1.67 bits per heavy atom. The molecule has 0 N–H and O–H groups in total. The summed E-state index contributed by atoms with van der Waals surface area (Å²) >= 11 is 6.34.